The number of nitrogens with zero attached hydrogens (tertiary/aromatic N) is 1. The number of benzene rings is 1. The summed E-state index contributed by atoms with van der Waals surface area (Å²) in [5, 5.41) is 8.59. The van der Waals surface area contributed by atoms with Gasteiger partial charge in [0, 0.05) is 13.6 Å². The summed E-state index contributed by atoms with van der Waals surface area (Å²) in [6.07, 6.45) is 0. The predicted octanol–water partition coefficient (Wildman–Crippen LogP) is 0.698. The van der Waals surface area contributed by atoms with E-state index >= 15 is 0 Å². The summed E-state index contributed by atoms with van der Waals surface area (Å²) in [5.41, 5.74) is 0. The first-order valence-electron chi connectivity index (χ1n) is 5.32. The molecule has 0 saturated carbocycles. The van der Waals surface area contributed by atoms with Crippen LogP contribution in [-0.2, 0) is 10.0 Å². The van der Waals surface area contributed by atoms with Crippen LogP contribution >= 0.6 is 0 Å². The van der Waals surface area contributed by atoms with E-state index in [1.807, 2.05) is 0 Å². The Balaban J connectivity index is 2.87. The summed E-state index contributed by atoms with van der Waals surface area (Å²) in [6.45, 7) is 2.32. The maximum absolute atomic E-state index is 11.9. The fourth-order valence-corrected chi connectivity index (χ4v) is 2.40. The van der Waals surface area contributed by atoms with Gasteiger partial charge in [-0.1, -0.05) is 6.92 Å². The lowest BCUT2D eigenvalue weighted by molar-refractivity contribution is 0.201. The summed E-state index contributed by atoms with van der Waals surface area (Å²) in [4.78, 5) is 0.234. The van der Waals surface area contributed by atoms with E-state index in [-0.39, 0.29) is 18.1 Å². The van der Waals surface area contributed by atoms with E-state index in [1.165, 1.54) is 23.5 Å². The summed E-state index contributed by atoms with van der Waals surface area (Å²) in [5.74, 6) is 0.539. The molecule has 0 amide bonds. The molecule has 17 heavy (non-hydrogen) atoms. The Bertz CT molecular complexity index is 441. The zero-order chi connectivity index (χ0) is 12.9. The van der Waals surface area contributed by atoms with Crippen LogP contribution in [0.2, 0.25) is 0 Å². The summed E-state index contributed by atoms with van der Waals surface area (Å²) in [6, 6.07) is 6.14. The van der Waals surface area contributed by atoms with Crippen molar-refractivity contribution in [3.63, 3.8) is 0 Å². The van der Waals surface area contributed by atoms with E-state index in [0.717, 1.165) is 0 Å². The number of rotatable bonds is 6. The van der Waals surface area contributed by atoms with E-state index in [0.29, 0.717) is 12.3 Å². The van der Waals surface area contributed by atoms with Crippen molar-refractivity contribution in [1.29, 1.82) is 0 Å². The minimum atomic E-state index is -3.40. The second kappa shape index (κ2) is 6.00. The Kier molecular flexibility index (Phi) is 4.92. The smallest absolute Gasteiger partial charge is 0.242 e. The van der Waals surface area contributed by atoms with Crippen LogP contribution in [0.15, 0.2) is 29.2 Å². The second-order valence-corrected chi connectivity index (χ2v) is 5.51. The number of ether oxygens (including phenoxy) is 1. The van der Waals surface area contributed by atoms with Gasteiger partial charge in [-0.2, -0.15) is 0 Å². The molecule has 0 heterocycles. The number of aliphatic hydroxyl groups excluding tert-OH is 1. The first-order valence-corrected chi connectivity index (χ1v) is 6.76. The molecule has 0 aliphatic heterocycles. The number of sulfonamides is 1. The Morgan fingerprint density at radius 3 is 2.35 bits per heavy atom. The van der Waals surface area contributed by atoms with Crippen LogP contribution in [0, 0.1) is 0 Å². The van der Waals surface area contributed by atoms with Crippen molar-refractivity contribution in [2.45, 2.75) is 11.8 Å². The predicted molar refractivity (Wildman–Crippen MR) is 64.5 cm³/mol. The zero-order valence-corrected chi connectivity index (χ0v) is 10.8. The van der Waals surface area contributed by atoms with E-state index < -0.39 is 10.0 Å². The molecule has 5 nitrogen and oxygen atoms in total. The largest absolute Gasteiger partial charge is 0.491 e. The van der Waals surface area contributed by atoms with Crippen molar-refractivity contribution in [3.8, 4) is 5.75 Å². The molecule has 0 fully saturated rings. The molecule has 0 unspecified atom stereocenters. The molecule has 1 aromatic rings. The maximum Gasteiger partial charge on any atom is 0.242 e. The Hall–Kier alpha value is -1.11. The normalized spacial score (nSPS) is 11.8. The fourth-order valence-electron chi connectivity index (χ4n) is 1.22. The molecule has 0 saturated heterocycles. The van der Waals surface area contributed by atoms with E-state index in [2.05, 4.69) is 0 Å². The second-order valence-electron chi connectivity index (χ2n) is 3.46. The summed E-state index contributed by atoms with van der Waals surface area (Å²) >= 11 is 0. The third-order valence-corrected chi connectivity index (χ3v) is 4.28. The van der Waals surface area contributed by atoms with E-state index in [1.54, 1.807) is 19.1 Å². The third kappa shape index (κ3) is 3.42. The van der Waals surface area contributed by atoms with Gasteiger partial charge in [-0.3, -0.25) is 0 Å². The van der Waals surface area contributed by atoms with Crippen LogP contribution in [-0.4, -0.2) is 44.6 Å². The van der Waals surface area contributed by atoms with Crippen LogP contribution in [0.4, 0.5) is 0 Å². The molecule has 1 N–H and O–H groups in total. The zero-order valence-electron chi connectivity index (χ0n) is 9.96. The van der Waals surface area contributed by atoms with Gasteiger partial charge < -0.3 is 9.84 Å². The van der Waals surface area contributed by atoms with Gasteiger partial charge in [0.25, 0.3) is 0 Å². The van der Waals surface area contributed by atoms with Crippen LogP contribution in [0.3, 0.4) is 0 Å². The molecule has 0 spiro atoms. The molecule has 0 aromatic heterocycles. The van der Waals surface area contributed by atoms with Crippen LogP contribution < -0.4 is 4.74 Å². The SMILES string of the molecule is CCN(C)S(=O)(=O)c1ccc(OCCO)cc1. The van der Waals surface area contributed by atoms with E-state index in [9.17, 15) is 8.42 Å². The van der Waals surface area contributed by atoms with Gasteiger partial charge >= 0.3 is 0 Å². The lowest BCUT2D eigenvalue weighted by atomic mass is 10.3. The standard InChI is InChI=1S/C11H17NO4S/c1-3-12(2)17(14,15)11-6-4-10(5-7-11)16-9-8-13/h4-7,13H,3,8-9H2,1-2H3. The topological polar surface area (TPSA) is 66.8 Å². The molecule has 1 aromatic carbocycles. The highest BCUT2D eigenvalue weighted by atomic mass is 32.2. The Morgan fingerprint density at radius 1 is 1.29 bits per heavy atom. The minimum Gasteiger partial charge on any atom is -0.491 e. The molecule has 0 radical (unpaired) electrons. The molecule has 0 bridgehead atoms. The molecule has 0 aliphatic carbocycles. The number of hydrogen-bond donors (Lipinski definition) is 1. The van der Waals surface area contributed by atoms with Crippen LogP contribution in [0.25, 0.3) is 0 Å². The average Bonchev–Trinajstić information content (AvgIpc) is 2.35. The van der Waals surface area contributed by atoms with Gasteiger partial charge in [0.15, 0.2) is 0 Å². The van der Waals surface area contributed by atoms with Crippen molar-refractivity contribution in [2.24, 2.45) is 0 Å². The molecular formula is C11H17NO4S. The first kappa shape index (κ1) is 14.0. The van der Waals surface area contributed by atoms with Gasteiger partial charge in [-0.25, -0.2) is 12.7 Å². The van der Waals surface area contributed by atoms with Crippen molar-refractivity contribution >= 4 is 10.0 Å². The van der Waals surface area contributed by atoms with Crippen molar-refractivity contribution < 1.29 is 18.3 Å². The molecule has 1 rings (SSSR count). The summed E-state index contributed by atoms with van der Waals surface area (Å²) in [7, 11) is -1.86. The van der Waals surface area contributed by atoms with Crippen LogP contribution in [0.5, 0.6) is 5.75 Å². The van der Waals surface area contributed by atoms with Crippen molar-refractivity contribution in [2.75, 3.05) is 26.8 Å². The summed E-state index contributed by atoms with van der Waals surface area (Å²) < 4.78 is 30.3. The monoisotopic (exact) mass is 259 g/mol. The molecule has 6 heteroatoms. The van der Waals surface area contributed by atoms with E-state index in [4.69, 9.17) is 9.84 Å². The van der Waals surface area contributed by atoms with Crippen molar-refractivity contribution in [1.82, 2.24) is 4.31 Å². The average molecular weight is 259 g/mol. The van der Waals surface area contributed by atoms with Gasteiger partial charge in [0.2, 0.25) is 10.0 Å². The minimum absolute atomic E-state index is 0.0708. The number of hydrogen-bond acceptors (Lipinski definition) is 4. The highest BCUT2D eigenvalue weighted by Gasteiger charge is 2.18. The van der Waals surface area contributed by atoms with Crippen molar-refractivity contribution in [3.05, 3.63) is 24.3 Å². The highest BCUT2D eigenvalue weighted by molar-refractivity contribution is 7.89. The fraction of sp³-hybridized carbons (Fsp3) is 0.455. The molecule has 0 atom stereocenters. The lowest BCUT2D eigenvalue weighted by Crippen LogP contribution is -2.26. The third-order valence-electron chi connectivity index (χ3n) is 2.34. The Morgan fingerprint density at radius 2 is 1.88 bits per heavy atom. The van der Waals surface area contributed by atoms with Gasteiger partial charge in [0.1, 0.15) is 12.4 Å². The number of aliphatic hydroxyl groups is 1. The quantitative estimate of drug-likeness (QED) is 0.816. The molecule has 96 valence electrons. The highest BCUT2D eigenvalue weighted by Crippen LogP contribution is 2.18. The first-order chi connectivity index (χ1) is 8.02. The van der Waals surface area contributed by atoms with Gasteiger partial charge in [0.05, 0.1) is 11.5 Å². The van der Waals surface area contributed by atoms with Gasteiger partial charge in [-0.05, 0) is 24.3 Å². The molecular weight excluding hydrogens is 242 g/mol. The van der Waals surface area contributed by atoms with Crippen LogP contribution in [0.1, 0.15) is 6.92 Å². The maximum atomic E-state index is 11.9. The van der Waals surface area contributed by atoms with Gasteiger partial charge in [-0.15, -0.1) is 0 Å². The molecule has 0 aliphatic rings. The Labute approximate surface area is 102 Å². The lowest BCUT2D eigenvalue weighted by Gasteiger charge is -2.15.